The minimum Gasteiger partial charge on any atom is -0.483 e. The third-order valence-electron chi connectivity index (χ3n) is 6.15. The number of carboxylic acid groups (broad SMARTS) is 1. The first-order chi connectivity index (χ1) is 16.7. The summed E-state index contributed by atoms with van der Waals surface area (Å²) in [5.74, 6) is -1.01. The van der Waals surface area contributed by atoms with E-state index in [0.717, 1.165) is 22.9 Å². The Hall–Kier alpha value is -3.55. The van der Waals surface area contributed by atoms with Gasteiger partial charge in [0.25, 0.3) is 0 Å². The number of hydrogen-bond acceptors (Lipinski definition) is 3. The van der Waals surface area contributed by atoms with Gasteiger partial charge in [-0.3, -0.25) is 4.79 Å². The molecule has 2 aromatic rings. The van der Waals surface area contributed by atoms with Crippen LogP contribution in [-0.2, 0) is 15.0 Å². The summed E-state index contributed by atoms with van der Waals surface area (Å²) in [6.45, 7) is 8.45. The highest BCUT2D eigenvalue weighted by atomic mass is 19.4. The van der Waals surface area contributed by atoms with Gasteiger partial charge in [-0.2, -0.15) is 13.2 Å². The van der Waals surface area contributed by atoms with Crippen LogP contribution in [0.5, 0.6) is 5.75 Å². The first-order valence-corrected chi connectivity index (χ1v) is 11.6. The van der Waals surface area contributed by atoms with Gasteiger partial charge in [0.05, 0.1) is 0 Å². The molecular weight excluding hydrogens is 471 g/mol. The molecule has 0 saturated heterocycles. The predicted molar refractivity (Wildman–Crippen MR) is 134 cm³/mol. The van der Waals surface area contributed by atoms with Crippen molar-refractivity contribution >= 4 is 23.6 Å². The van der Waals surface area contributed by atoms with Crippen molar-refractivity contribution < 1.29 is 32.6 Å². The molecule has 0 aliphatic carbocycles. The number of amides is 1. The molecule has 1 amide bonds. The van der Waals surface area contributed by atoms with Gasteiger partial charge in [0.1, 0.15) is 5.75 Å². The number of anilines is 1. The summed E-state index contributed by atoms with van der Waals surface area (Å²) in [6.07, 6.45) is 0.225. The number of aryl methyl sites for hydroxylation is 1. The summed E-state index contributed by atoms with van der Waals surface area (Å²) in [6, 6.07) is 8.64. The van der Waals surface area contributed by atoms with Crippen molar-refractivity contribution in [3.05, 3.63) is 64.7 Å². The number of nitrogens with zero attached hydrogens (tertiary/aromatic N) is 1. The van der Waals surface area contributed by atoms with Gasteiger partial charge >= 0.3 is 12.1 Å². The number of carboxylic acids is 1. The van der Waals surface area contributed by atoms with Crippen LogP contribution in [0.15, 0.2) is 48.1 Å². The molecule has 0 unspecified atom stereocenters. The molecule has 0 spiro atoms. The van der Waals surface area contributed by atoms with Gasteiger partial charge in [-0.1, -0.05) is 38.1 Å². The fraction of sp³-hybridized carbons (Fsp3) is 0.357. The fourth-order valence-electron chi connectivity index (χ4n) is 4.42. The van der Waals surface area contributed by atoms with E-state index in [-0.39, 0.29) is 17.1 Å². The van der Waals surface area contributed by atoms with Gasteiger partial charge in [0.2, 0.25) is 5.91 Å². The Labute approximate surface area is 208 Å². The topological polar surface area (TPSA) is 66.8 Å². The smallest absolute Gasteiger partial charge is 0.422 e. The molecule has 1 aliphatic rings. The van der Waals surface area contributed by atoms with Gasteiger partial charge in [-0.05, 0) is 66.8 Å². The molecule has 0 fully saturated rings. The Bertz CT molecular complexity index is 1240. The summed E-state index contributed by atoms with van der Waals surface area (Å²) in [4.78, 5) is 25.4. The lowest BCUT2D eigenvalue weighted by atomic mass is 9.75. The number of fused-ring (bicyclic) bond motifs is 1. The highest BCUT2D eigenvalue weighted by Gasteiger charge is 2.37. The highest BCUT2D eigenvalue weighted by molar-refractivity contribution is 5.99. The maximum Gasteiger partial charge on any atom is 0.422 e. The second-order valence-electron chi connectivity index (χ2n) is 9.60. The lowest BCUT2D eigenvalue weighted by Gasteiger charge is -2.39. The summed E-state index contributed by atoms with van der Waals surface area (Å²) in [5, 5.41) is 8.91. The number of aliphatic carboxylic acids is 1. The fourth-order valence-corrected chi connectivity index (χ4v) is 4.42. The molecule has 0 aromatic heterocycles. The number of carbonyl (C=O) groups is 2. The molecule has 1 aliphatic heterocycles. The van der Waals surface area contributed by atoms with E-state index < -0.39 is 18.8 Å². The van der Waals surface area contributed by atoms with Crippen molar-refractivity contribution in [2.24, 2.45) is 0 Å². The quantitative estimate of drug-likeness (QED) is 0.339. The number of allylic oxidation sites excluding steroid dienone is 2. The second-order valence-corrected chi connectivity index (χ2v) is 9.60. The Morgan fingerprint density at radius 2 is 1.89 bits per heavy atom. The predicted octanol–water partition coefficient (Wildman–Crippen LogP) is 6.68. The van der Waals surface area contributed by atoms with Gasteiger partial charge < -0.3 is 14.7 Å². The molecule has 0 atom stereocenters. The van der Waals surface area contributed by atoms with E-state index in [0.29, 0.717) is 35.2 Å². The van der Waals surface area contributed by atoms with Crippen LogP contribution in [0.3, 0.4) is 0 Å². The van der Waals surface area contributed by atoms with Gasteiger partial charge in [-0.15, -0.1) is 0 Å². The zero-order valence-corrected chi connectivity index (χ0v) is 21.0. The standard InChI is InChI=1S/C28H30F3NO4/c1-6-32-23-14-20(18(3)12-22(23)27(4,5)15-25(32)33)21-13-19(8-7-17(2)11-26(34)35)9-10-24(21)36-16-28(29,30)31/h7-14H,6,15-16H2,1-5H3,(H,34,35)/b8-7+,17-11+. The van der Waals surface area contributed by atoms with Crippen LogP contribution >= 0.6 is 0 Å². The molecule has 8 heteroatoms. The maximum atomic E-state index is 13.0. The molecule has 5 nitrogen and oxygen atoms in total. The Balaban J connectivity index is 2.18. The van der Waals surface area contributed by atoms with E-state index in [1.54, 1.807) is 36.1 Å². The molecular formula is C28H30F3NO4. The van der Waals surface area contributed by atoms with Gasteiger partial charge in [-0.25, -0.2) is 4.79 Å². The molecule has 1 N–H and O–H groups in total. The molecule has 36 heavy (non-hydrogen) atoms. The molecule has 1 heterocycles. The molecule has 0 bridgehead atoms. The number of carbonyl (C=O) groups excluding carboxylic acids is 1. The molecule has 2 aromatic carbocycles. The van der Waals surface area contributed by atoms with Crippen molar-refractivity contribution in [2.75, 3.05) is 18.1 Å². The van der Waals surface area contributed by atoms with E-state index in [1.165, 1.54) is 6.07 Å². The lowest BCUT2D eigenvalue weighted by molar-refractivity contribution is -0.153. The minimum absolute atomic E-state index is 0.00396. The van der Waals surface area contributed by atoms with Crippen LogP contribution in [0.4, 0.5) is 18.9 Å². The number of rotatable bonds is 7. The van der Waals surface area contributed by atoms with Crippen molar-refractivity contribution in [1.82, 2.24) is 0 Å². The summed E-state index contributed by atoms with van der Waals surface area (Å²) in [5.41, 5.74) is 4.48. The molecule has 0 radical (unpaired) electrons. The maximum absolute atomic E-state index is 13.0. The number of halogens is 3. The average Bonchev–Trinajstić information content (AvgIpc) is 2.75. The van der Waals surface area contributed by atoms with Crippen LogP contribution in [0, 0.1) is 6.92 Å². The van der Waals surface area contributed by atoms with Crippen molar-refractivity contribution in [2.45, 2.75) is 52.6 Å². The Kier molecular flexibility index (Phi) is 7.67. The first-order valence-electron chi connectivity index (χ1n) is 11.6. The third-order valence-corrected chi connectivity index (χ3v) is 6.15. The Morgan fingerprint density at radius 3 is 2.50 bits per heavy atom. The zero-order chi connectivity index (χ0) is 26.8. The molecule has 0 saturated carbocycles. The van der Waals surface area contributed by atoms with Crippen molar-refractivity contribution in [1.29, 1.82) is 0 Å². The van der Waals surface area contributed by atoms with Crippen LogP contribution in [0.25, 0.3) is 17.2 Å². The average molecular weight is 502 g/mol. The molecule has 192 valence electrons. The lowest BCUT2D eigenvalue weighted by Crippen LogP contribution is -2.41. The van der Waals surface area contributed by atoms with Crippen LogP contribution in [-0.4, -0.2) is 36.3 Å². The number of ether oxygens (including phenoxy) is 1. The monoisotopic (exact) mass is 501 g/mol. The number of alkyl halides is 3. The summed E-state index contributed by atoms with van der Waals surface area (Å²) < 4.78 is 44.1. The second kappa shape index (κ2) is 10.2. The minimum atomic E-state index is -4.51. The van der Waals surface area contributed by atoms with Gasteiger partial charge in [0.15, 0.2) is 6.61 Å². The number of benzene rings is 2. The summed E-state index contributed by atoms with van der Waals surface area (Å²) in [7, 11) is 0. The van der Waals surface area contributed by atoms with Crippen LogP contribution < -0.4 is 9.64 Å². The normalized spacial score (nSPS) is 15.8. The van der Waals surface area contributed by atoms with Crippen molar-refractivity contribution in [3.63, 3.8) is 0 Å². The molecule has 3 rings (SSSR count). The van der Waals surface area contributed by atoms with E-state index in [9.17, 15) is 22.8 Å². The zero-order valence-electron chi connectivity index (χ0n) is 21.0. The largest absolute Gasteiger partial charge is 0.483 e. The van der Waals surface area contributed by atoms with E-state index in [2.05, 4.69) is 0 Å². The van der Waals surface area contributed by atoms with Gasteiger partial charge in [0, 0.05) is 35.7 Å². The van der Waals surface area contributed by atoms with Crippen molar-refractivity contribution in [3.8, 4) is 16.9 Å². The Morgan fingerprint density at radius 1 is 1.19 bits per heavy atom. The number of hydrogen-bond donors (Lipinski definition) is 1. The van der Waals surface area contributed by atoms with E-state index >= 15 is 0 Å². The van der Waals surface area contributed by atoms with Crippen LogP contribution in [0.2, 0.25) is 0 Å². The first kappa shape index (κ1) is 27.0. The van der Waals surface area contributed by atoms with Crippen LogP contribution in [0.1, 0.15) is 50.8 Å². The SMILES string of the molecule is CCN1C(=O)CC(C)(C)c2cc(C)c(-c3cc(/C=C/C(C)=C/C(=O)O)ccc3OCC(F)(F)F)cc21. The summed E-state index contributed by atoms with van der Waals surface area (Å²) >= 11 is 0. The third kappa shape index (κ3) is 6.17. The van der Waals surface area contributed by atoms with E-state index in [1.807, 2.05) is 39.8 Å². The highest BCUT2D eigenvalue weighted by Crippen LogP contribution is 2.45. The van der Waals surface area contributed by atoms with E-state index in [4.69, 9.17) is 9.84 Å².